The predicted octanol–water partition coefficient (Wildman–Crippen LogP) is 1.78. The van der Waals surface area contributed by atoms with Crippen LogP contribution in [-0.4, -0.2) is 15.6 Å². The van der Waals surface area contributed by atoms with Gasteiger partial charge in [-0.25, -0.2) is 9.18 Å². The number of benzene rings is 1. The van der Waals surface area contributed by atoms with Crippen LogP contribution in [0.5, 0.6) is 0 Å². The fraction of sp³-hybridized carbons (Fsp3) is 0.143. The molecule has 1 heterocycles. The molecule has 0 aliphatic carbocycles. The van der Waals surface area contributed by atoms with Gasteiger partial charge in [-0.2, -0.15) is 0 Å². The van der Waals surface area contributed by atoms with Crippen molar-refractivity contribution in [2.45, 2.75) is 13.5 Å². The quantitative estimate of drug-likeness (QED) is 0.836. The first-order chi connectivity index (χ1) is 8.99. The molecule has 0 spiro atoms. The molecule has 0 fully saturated rings. The molecular formula is C14H10FNO3. The summed E-state index contributed by atoms with van der Waals surface area (Å²) in [6.07, 6.45) is 5.16. The third-order valence-electron chi connectivity index (χ3n) is 2.97. The van der Waals surface area contributed by atoms with Gasteiger partial charge in [-0.1, -0.05) is 18.1 Å². The Kier molecular flexibility index (Phi) is 3.09. The molecule has 0 aliphatic rings. The second kappa shape index (κ2) is 4.58. The lowest BCUT2D eigenvalue weighted by molar-refractivity contribution is 0.0697. The van der Waals surface area contributed by atoms with Gasteiger partial charge >= 0.3 is 5.97 Å². The number of pyridine rings is 1. The minimum Gasteiger partial charge on any atom is -0.478 e. The fourth-order valence-corrected chi connectivity index (χ4v) is 2.12. The van der Waals surface area contributed by atoms with Crippen LogP contribution in [0.3, 0.4) is 0 Å². The van der Waals surface area contributed by atoms with Crippen LogP contribution in [0, 0.1) is 25.1 Å². The average molecular weight is 259 g/mol. The second-order valence-electron chi connectivity index (χ2n) is 4.02. The monoisotopic (exact) mass is 259 g/mol. The minimum absolute atomic E-state index is 0.0864. The molecule has 0 aliphatic heterocycles. The number of carboxylic acid groups (broad SMARTS) is 1. The summed E-state index contributed by atoms with van der Waals surface area (Å²) < 4.78 is 14.9. The number of aromatic nitrogens is 1. The molecule has 0 saturated heterocycles. The van der Waals surface area contributed by atoms with Crippen molar-refractivity contribution < 1.29 is 14.3 Å². The van der Waals surface area contributed by atoms with Crippen LogP contribution in [0.4, 0.5) is 4.39 Å². The summed E-state index contributed by atoms with van der Waals surface area (Å²) in [5.74, 6) is 0.286. The molecule has 1 N–H and O–H groups in total. The lowest BCUT2D eigenvalue weighted by Gasteiger charge is -2.13. The SMILES string of the molecule is C#CCn1c(C)c(C(=O)O)c2cccc(F)c2c1=O. The Hall–Kier alpha value is -2.61. The number of rotatable bonds is 2. The Labute approximate surface area is 108 Å². The third kappa shape index (κ3) is 1.87. The van der Waals surface area contributed by atoms with Crippen LogP contribution in [0.15, 0.2) is 23.0 Å². The van der Waals surface area contributed by atoms with E-state index in [1.807, 2.05) is 0 Å². The van der Waals surface area contributed by atoms with Crippen molar-refractivity contribution in [3.05, 3.63) is 45.6 Å². The topological polar surface area (TPSA) is 59.3 Å². The first kappa shape index (κ1) is 12.8. The maximum absolute atomic E-state index is 13.8. The molecule has 4 nitrogen and oxygen atoms in total. The van der Waals surface area contributed by atoms with Crippen molar-refractivity contribution in [3.8, 4) is 12.3 Å². The normalized spacial score (nSPS) is 10.4. The highest BCUT2D eigenvalue weighted by Crippen LogP contribution is 2.21. The average Bonchev–Trinajstić information content (AvgIpc) is 2.34. The number of halogens is 1. The number of hydrogen-bond acceptors (Lipinski definition) is 2. The Morgan fingerprint density at radius 2 is 2.21 bits per heavy atom. The van der Waals surface area contributed by atoms with Gasteiger partial charge in [-0.3, -0.25) is 9.36 Å². The maximum Gasteiger partial charge on any atom is 0.338 e. The zero-order chi connectivity index (χ0) is 14.2. The largest absolute Gasteiger partial charge is 0.478 e. The third-order valence-corrected chi connectivity index (χ3v) is 2.97. The van der Waals surface area contributed by atoms with Crippen molar-refractivity contribution >= 4 is 16.7 Å². The number of terminal acetylenes is 1. The Balaban J connectivity index is 3.09. The van der Waals surface area contributed by atoms with Gasteiger partial charge in [0.15, 0.2) is 0 Å². The summed E-state index contributed by atoms with van der Waals surface area (Å²) in [5.41, 5.74) is -0.508. The van der Waals surface area contributed by atoms with Crippen molar-refractivity contribution in [3.63, 3.8) is 0 Å². The van der Waals surface area contributed by atoms with Gasteiger partial charge in [-0.05, 0) is 13.0 Å². The lowest BCUT2D eigenvalue weighted by atomic mass is 10.0. The molecule has 1 aromatic carbocycles. The Morgan fingerprint density at radius 3 is 2.79 bits per heavy atom. The molecule has 5 heteroatoms. The Morgan fingerprint density at radius 1 is 1.53 bits per heavy atom. The summed E-state index contributed by atoms with van der Waals surface area (Å²) in [4.78, 5) is 23.5. The molecular weight excluding hydrogens is 249 g/mol. The van der Waals surface area contributed by atoms with Gasteiger partial charge < -0.3 is 5.11 Å². The number of carboxylic acids is 1. The number of fused-ring (bicyclic) bond motifs is 1. The lowest BCUT2D eigenvalue weighted by Crippen LogP contribution is -2.26. The number of hydrogen-bond donors (Lipinski definition) is 1. The highest BCUT2D eigenvalue weighted by molar-refractivity contribution is 6.04. The van der Waals surface area contributed by atoms with Gasteiger partial charge in [0.1, 0.15) is 5.82 Å². The molecule has 2 aromatic rings. The van der Waals surface area contributed by atoms with Crippen LogP contribution in [0.1, 0.15) is 16.1 Å². The number of carbonyl (C=O) groups is 1. The molecule has 0 unspecified atom stereocenters. The minimum atomic E-state index is -1.22. The summed E-state index contributed by atoms with van der Waals surface area (Å²) in [6.45, 7) is 1.38. The van der Waals surface area contributed by atoms with E-state index in [9.17, 15) is 19.1 Å². The van der Waals surface area contributed by atoms with E-state index in [0.29, 0.717) is 0 Å². The molecule has 0 bridgehead atoms. The molecule has 2 rings (SSSR count). The Bertz CT molecular complexity index is 784. The van der Waals surface area contributed by atoms with Crippen molar-refractivity contribution in [2.75, 3.05) is 0 Å². The van der Waals surface area contributed by atoms with Crippen LogP contribution in [0.25, 0.3) is 10.8 Å². The first-order valence-electron chi connectivity index (χ1n) is 5.47. The molecule has 0 atom stereocenters. The smallest absolute Gasteiger partial charge is 0.338 e. The molecule has 96 valence electrons. The fourth-order valence-electron chi connectivity index (χ4n) is 2.12. The van der Waals surface area contributed by atoms with Crippen LogP contribution >= 0.6 is 0 Å². The van der Waals surface area contributed by atoms with E-state index < -0.39 is 17.3 Å². The molecule has 19 heavy (non-hydrogen) atoms. The molecule has 0 amide bonds. The molecule has 1 aromatic heterocycles. The van der Waals surface area contributed by atoms with Crippen LogP contribution < -0.4 is 5.56 Å². The van der Waals surface area contributed by atoms with Gasteiger partial charge in [0.25, 0.3) is 5.56 Å². The molecule has 0 saturated carbocycles. The van der Waals surface area contributed by atoms with Gasteiger partial charge in [0.05, 0.1) is 17.5 Å². The summed E-state index contributed by atoms with van der Waals surface area (Å²) in [6, 6.07) is 3.90. The zero-order valence-corrected chi connectivity index (χ0v) is 10.1. The highest BCUT2D eigenvalue weighted by atomic mass is 19.1. The first-order valence-corrected chi connectivity index (χ1v) is 5.47. The van der Waals surface area contributed by atoms with Crippen molar-refractivity contribution in [1.29, 1.82) is 0 Å². The van der Waals surface area contributed by atoms with E-state index in [1.54, 1.807) is 0 Å². The van der Waals surface area contributed by atoms with Crippen LogP contribution in [-0.2, 0) is 6.54 Å². The van der Waals surface area contributed by atoms with E-state index in [0.717, 1.165) is 10.6 Å². The number of nitrogens with zero attached hydrogens (tertiary/aromatic N) is 1. The highest BCUT2D eigenvalue weighted by Gasteiger charge is 2.20. The van der Waals surface area contributed by atoms with E-state index in [4.69, 9.17) is 6.42 Å². The zero-order valence-electron chi connectivity index (χ0n) is 10.1. The van der Waals surface area contributed by atoms with Crippen molar-refractivity contribution in [2.24, 2.45) is 0 Å². The maximum atomic E-state index is 13.8. The standard InChI is InChI=1S/C14H10FNO3/c1-3-7-16-8(2)11(14(18)19)9-5-4-6-10(15)12(9)13(16)17/h1,4-6H,7H2,2H3,(H,18,19). The summed E-state index contributed by atoms with van der Waals surface area (Å²) in [5, 5.41) is 9.09. The van der Waals surface area contributed by atoms with Gasteiger partial charge in [0, 0.05) is 11.1 Å². The molecule has 0 radical (unpaired) electrons. The van der Waals surface area contributed by atoms with E-state index >= 15 is 0 Å². The van der Waals surface area contributed by atoms with Crippen LogP contribution in [0.2, 0.25) is 0 Å². The van der Waals surface area contributed by atoms with Gasteiger partial charge in [0.2, 0.25) is 0 Å². The van der Waals surface area contributed by atoms with E-state index in [2.05, 4.69) is 5.92 Å². The summed E-state index contributed by atoms with van der Waals surface area (Å²) >= 11 is 0. The number of aromatic carboxylic acids is 1. The predicted molar refractivity (Wildman–Crippen MR) is 68.7 cm³/mol. The summed E-state index contributed by atoms with van der Waals surface area (Å²) in [7, 11) is 0. The second-order valence-corrected chi connectivity index (χ2v) is 4.02. The van der Waals surface area contributed by atoms with Crippen molar-refractivity contribution in [1.82, 2.24) is 4.57 Å². The van der Waals surface area contributed by atoms with E-state index in [1.165, 1.54) is 19.1 Å². The van der Waals surface area contributed by atoms with Gasteiger partial charge in [-0.15, -0.1) is 6.42 Å². The van der Waals surface area contributed by atoms with E-state index in [-0.39, 0.29) is 28.6 Å².